The van der Waals surface area contributed by atoms with Crippen molar-refractivity contribution in [1.29, 1.82) is 0 Å². The lowest BCUT2D eigenvalue weighted by Crippen LogP contribution is -2.14. The fourth-order valence-electron chi connectivity index (χ4n) is 8.55. The van der Waals surface area contributed by atoms with Crippen LogP contribution in [0.25, 0.3) is 43.6 Å². The molecule has 0 saturated heterocycles. The molecule has 10 aromatic rings. The predicted molar refractivity (Wildman–Crippen MR) is 305 cm³/mol. The van der Waals surface area contributed by atoms with Gasteiger partial charge >= 0.3 is 0 Å². The van der Waals surface area contributed by atoms with Gasteiger partial charge in [-0.05, 0) is 72.8 Å². The predicted octanol–water partition coefficient (Wildman–Crippen LogP) is 10.0. The lowest BCUT2D eigenvalue weighted by atomic mass is 10.1. The molecule has 0 aliphatic rings. The molecule has 0 saturated carbocycles. The van der Waals surface area contributed by atoms with Crippen molar-refractivity contribution < 1.29 is 56.4 Å². The second-order valence-electron chi connectivity index (χ2n) is 17.4. The summed E-state index contributed by atoms with van der Waals surface area (Å²) < 4.78 is 59.4. The van der Waals surface area contributed by atoms with Crippen LogP contribution in [0.4, 0.5) is 48.6 Å². The maximum Gasteiger partial charge on any atom is 0.252 e. The van der Waals surface area contributed by atoms with Crippen LogP contribution in [0.2, 0.25) is 0 Å². The first-order chi connectivity index (χ1) is 39.0. The van der Waals surface area contributed by atoms with Crippen LogP contribution >= 0.6 is 0 Å². The number of ether oxygens (including phenoxy) is 6. The number of aromatic nitrogens is 4. The molecule has 0 aliphatic carbocycles. The first-order valence-electron chi connectivity index (χ1n) is 24.2. The van der Waals surface area contributed by atoms with E-state index in [-0.39, 0.29) is 28.4 Å². The number of aromatic amines is 1. The monoisotopic (exact) mass is 1100 g/mol. The number of hydrogen-bond acceptors (Lipinski definition) is 16. The maximum absolute atomic E-state index is 14.0. The molecule has 4 aromatic heterocycles. The number of H-pyrrole nitrogens is 1. The van der Waals surface area contributed by atoms with Gasteiger partial charge in [0.05, 0.1) is 98.6 Å². The number of carbonyl (C=O) groups is 4. The van der Waals surface area contributed by atoms with Crippen molar-refractivity contribution in [2.24, 2.45) is 17.2 Å². The number of nitrogens with two attached hydrogens (primary N) is 3. The van der Waals surface area contributed by atoms with Gasteiger partial charge in [-0.3, -0.25) is 34.1 Å². The summed E-state index contributed by atoms with van der Waals surface area (Å²) in [6.45, 7) is 1.43. The molecule has 414 valence electrons. The fourth-order valence-corrected chi connectivity index (χ4v) is 8.55. The van der Waals surface area contributed by atoms with E-state index in [0.29, 0.717) is 95.5 Å². The molecule has 0 atom stereocenters. The van der Waals surface area contributed by atoms with Gasteiger partial charge in [0.25, 0.3) is 17.7 Å². The topological polar surface area (TPSA) is 304 Å². The van der Waals surface area contributed by atoms with Gasteiger partial charge in [-0.15, -0.1) is 0 Å². The largest absolute Gasteiger partial charge is 0.493 e. The summed E-state index contributed by atoms with van der Waals surface area (Å²) in [6, 6.07) is 28.1. The van der Waals surface area contributed by atoms with Crippen molar-refractivity contribution in [3.63, 3.8) is 0 Å². The number of halogens is 2. The van der Waals surface area contributed by atoms with Gasteiger partial charge in [-0.1, -0.05) is 6.07 Å². The minimum atomic E-state index is -0.770. The Morgan fingerprint density at radius 2 is 0.901 bits per heavy atom. The Labute approximate surface area is 460 Å². The Hall–Kier alpha value is -11.0. The van der Waals surface area contributed by atoms with E-state index >= 15 is 0 Å². The van der Waals surface area contributed by atoms with Crippen LogP contribution in [0.5, 0.6) is 34.5 Å². The Morgan fingerprint density at radius 3 is 1.33 bits per heavy atom. The van der Waals surface area contributed by atoms with Crippen molar-refractivity contribution in [2.75, 3.05) is 63.9 Å². The van der Waals surface area contributed by atoms with Crippen LogP contribution in [-0.2, 0) is 4.79 Å². The third-order valence-electron chi connectivity index (χ3n) is 12.4. The number of carbonyl (C=O) groups excluding carboxylic acids is 4. The van der Waals surface area contributed by atoms with Gasteiger partial charge in [-0.25, -0.2) is 8.78 Å². The van der Waals surface area contributed by atoms with Crippen molar-refractivity contribution in [3.05, 3.63) is 156 Å². The Bertz CT molecular complexity index is 4070. The molecule has 0 radical (unpaired) electrons. The zero-order valence-corrected chi connectivity index (χ0v) is 44.5. The SMILES string of the molecule is COc1cc2ncc(C(N)=O)c(Nc3cc(F)ccc3F)c2cc1OC.COc1cc2ncc(C(N)=O)c(Nc3ccc4[nH]ccc4c3)c2cc1OC.COc1cc2ncc(C(N)=O)c(Nc3cccc(NC(C)=O)c3)c2cc1OC. The number of methoxy groups -OCH3 is 6. The van der Waals surface area contributed by atoms with Gasteiger partial charge in [0.1, 0.15) is 11.6 Å². The van der Waals surface area contributed by atoms with Crippen LogP contribution < -0.4 is 66.9 Å². The molecule has 0 spiro atoms. The summed E-state index contributed by atoms with van der Waals surface area (Å²) in [5.41, 5.74) is 23.0. The highest BCUT2D eigenvalue weighted by Crippen LogP contribution is 2.41. The minimum absolute atomic E-state index is 0.0216. The molecular formula is C58H53F2N11O10. The molecule has 0 unspecified atom stereocenters. The molecule has 4 amide bonds. The average Bonchev–Trinajstić information content (AvgIpc) is 4.02. The smallest absolute Gasteiger partial charge is 0.252 e. The van der Waals surface area contributed by atoms with E-state index in [1.807, 2.05) is 36.5 Å². The summed E-state index contributed by atoms with van der Waals surface area (Å²) in [5, 5.41) is 14.8. The van der Waals surface area contributed by atoms with Crippen LogP contribution in [0.3, 0.4) is 0 Å². The van der Waals surface area contributed by atoms with Crippen LogP contribution in [0, 0.1) is 11.6 Å². The number of pyridine rings is 3. The summed E-state index contributed by atoms with van der Waals surface area (Å²) in [5.74, 6) is -0.528. The van der Waals surface area contributed by atoms with E-state index in [9.17, 15) is 28.0 Å². The first kappa shape index (κ1) is 56.2. The zero-order valence-electron chi connectivity index (χ0n) is 44.5. The van der Waals surface area contributed by atoms with Crippen LogP contribution in [0.15, 0.2) is 128 Å². The fraction of sp³-hybridized carbons (Fsp3) is 0.121. The summed E-state index contributed by atoms with van der Waals surface area (Å²) in [4.78, 5) is 63.1. The van der Waals surface area contributed by atoms with Gasteiger partial charge in [0, 0.05) is 100 Å². The van der Waals surface area contributed by atoms with Gasteiger partial charge in [0.2, 0.25) is 5.91 Å². The van der Waals surface area contributed by atoms with Gasteiger partial charge < -0.3 is 71.9 Å². The van der Waals surface area contributed by atoms with Crippen molar-refractivity contribution in [1.82, 2.24) is 19.9 Å². The van der Waals surface area contributed by atoms with E-state index in [2.05, 4.69) is 41.2 Å². The van der Waals surface area contributed by atoms with Gasteiger partial charge in [-0.2, -0.15) is 0 Å². The van der Waals surface area contributed by atoms with Crippen molar-refractivity contribution >= 4 is 107 Å². The summed E-state index contributed by atoms with van der Waals surface area (Å²) >= 11 is 0. The summed E-state index contributed by atoms with van der Waals surface area (Å²) in [7, 11) is 9.11. The highest BCUT2D eigenvalue weighted by atomic mass is 19.1. The number of hydrogen-bond donors (Lipinski definition) is 8. The maximum atomic E-state index is 14.0. The zero-order chi connectivity index (χ0) is 58.1. The molecule has 0 aliphatic heterocycles. The highest BCUT2D eigenvalue weighted by molar-refractivity contribution is 6.10. The highest BCUT2D eigenvalue weighted by Gasteiger charge is 2.21. The number of benzene rings is 6. The molecule has 6 aromatic carbocycles. The number of fused-ring (bicyclic) bond motifs is 4. The molecule has 0 bridgehead atoms. The quantitative estimate of drug-likeness (QED) is 0.0446. The van der Waals surface area contributed by atoms with E-state index in [1.165, 1.54) is 54.0 Å². The standard InChI is InChI=1S/C20H20N4O4.C20H18N4O3.C18H15F2N3O3/c1-11(25)23-12-5-4-6-13(7-12)24-19-14-8-17(27-2)18(28-3)9-16(14)22-10-15(19)20(21)26;1-26-17-8-13-16(9-18(17)27-2)23-10-14(20(21)25)19(13)24-12-3-4-15-11(7-12)5-6-22-15;1-25-15-6-10-13(7-16(15)26-2)22-8-11(18(21)24)17(10)23-14-5-9(19)3-4-12(14)20/h4-10H,1-3H3,(H2,21,26)(H,22,24)(H,23,25);3-10,22H,1-2H3,(H2,21,25)(H,23,24);3-8H,1-2H3,(H2,21,24)(H,22,23). The summed E-state index contributed by atoms with van der Waals surface area (Å²) in [6.07, 6.45) is 6.02. The number of amides is 4. The second-order valence-corrected chi connectivity index (χ2v) is 17.4. The number of nitrogens with one attached hydrogen (secondary N) is 5. The Morgan fingerprint density at radius 1 is 0.481 bits per heavy atom. The average molecular weight is 1100 g/mol. The van der Waals surface area contributed by atoms with E-state index in [4.69, 9.17) is 45.6 Å². The number of rotatable bonds is 16. The van der Waals surface area contributed by atoms with Crippen molar-refractivity contribution in [2.45, 2.75) is 6.92 Å². The lowest BCUT2D eigenvalue weighted by molar-refractivity contribution is -0.114. The molecular weight excluding hydrogens is 1050 g/mol. The first-order valence-corrected chi connectivity index (χ1v) is 24.2. The normalized spacial score (nSPS) is 10.6. The molecule has 23 heteroatoms. The Kier molecular flexibility index (Phi) is 17.1. The number of anilines is 7. The van der Waals surface area contributed by atoms with Crippen LogP contribution in [-0.4, -0.2) is 86.2 Å². The van der Waals surface area contributed by atoms with E-state index in [0.717, 1.165) is 34.8 Å². The molecule has 21 nitrogen and oxygen atoms in total. The second kappa shape index (κ2) is 24.6. The van der Waals surface area contributed by atoms with Gasteiger partial charge in [0.15, 0.2) is 34.5 Å². The third-order valence-corrected chi connectivity index (χ3v) is 12.4. The lowest BCUT2D eigenvalue weighted by Gasteiger charge is -2.16. The molecule has 4 heterocycles. The third kappa shape index (κ3) is 12.4. The van der Waals surface area contributed by atoms with E-state index in [1.54, 1.807) is 68.8 Å². The van der Waals surface area contributed by atoms with Crippen LogP contribution in [0.1, 0.15) is 38.0 Å². The molecule has 0 fully saturated rings. The molecule has 11 N–H and O–H groups in total. The van der Waals surface area contributed by atoms with Crippen molar-refractivity contribution in [3.8, 4) is 34.5 Å². The number of primary amides is 3. The van der Waals surface area contributed by atoms with E-state index < -0.39 is 29.4 Å². The minimum Gasteiger partial charge on any atom is -0.493 e. The number of nitrogens with zero attached hydrogens (tertiary/aromatic N) is 3. The Balaban J connectivity index is 0.000000159. The molecule has 10 rings (SSSR count). The molecule has 81 heavy (non-hydrogen) atoms.